The smallest absolute Gasteiger partial charge is 0.337 e. The molecule has 1 aromatic rings. The molecule has 0 radical (unpaired) electrons. The van der Waals surface area contributed by atoms with Gasteiger partial charge in [-0.25, -0.2) is 4.79 Å². The Kier molecular flexibility index (Phi) is 6.05. The van der Waals surface area contributed by atoms with E-state index in [4.69, 9.17) is 0 Å². The van der Waals surface area contributed by atoms with Crippen molar-refractivity contribution < 1.29 is 9.90 Å². The minimum atomic E-state index is -0.875. The Morgan fingerprint density at radius 3 is 2.60 bits per heavy atom. The van der Waals surface area contributed by atoms with Crippen molar-refractivity contribution >= 4 is 11.7 Å². The summed E-state index contributed by atoms with van der Waals surface area (Å²) < 4.78 is 0. The van der Waals surface area contributed by atoms with E-state index in [1.165, 1.54) is 19.3 Å². The third-order valence-electron chi connectivity index (χ3n) is 3.70. The summed E-state index contributed by atoms with van der Waals surface area (Å²) in [6.07, 6.45) is 4.87. The van der Waals surface area contributed by atoms with Gasteiger partial charge in [0.1, 0.15) is 0 Å². The van der Waals surface area contributed by atoms with Gasteiger partial charge in [-0.15, -0.1) is 0 Å². The first-order valence-corrected chi connectivity index (χ1v) is 7.44. The van der Waals surface area contributed by atoms with Crippen molar-refractivity contribution in [3.05, 3.63) is 29.3 Å². The van der Waals surface area contributed by atoms with E-state index >= 15 is 0 Å². The van der Waals surface area contributed by atoms with E-state index in [1.807, 2.05) is 13.0 Å². The number of carboxylic acids is 1. The van der Waals surface area contributed by atoms with Gasteiger partial charge in [0, 0.05) is 6.54 Å². The molecule has 0 atom stereocenters. The first-order chi connectivity index (χ1) is 9.37. The van der Waals surface area contributed by atoms with Crippen LogP contribution in [-0.4, -0.2) is 17.6 Å². The monoisotopic (exact) mass is 277 g/mol. The van der Waals surface area contributed by atoms with E-state index in [0.29, 0.717) is 5.56 Å². The second-order valence-corrected chi connectivity index (χ2v) is 6.28. The zero-order valence-corrected chi connectivity index (χ0v) is 13.1. The summed E-state index contributed by atoms with van der Waals surface area (Å²) in [5, 5.41) is 12.6. The molecule has 0 aliphatic heterocycles. The van der Waals surface area contributed by atoms with Crippen molar-refractivity contribution in [1.82, 2.24) is 0 Å². The van der Waals surface area contributed by atoms with E-state index in [0.717, 1.165) is 24.2 Å². The van der Waals surface area contributed by atoms with Gasteiger partial charge in [-0.1, -0.05) is 52.2 Å². The molecule has 2 N–H and O–H groups in total. The molecule has 3 heteroatoms. The summed E-state index contributed by atoms with van der Waals surface area (Å²) in [5.41, 5.74) is 2.26. The average molecular weight is 277 g/mol. The number of aromatic carboxylic acids is 1. The first kappa shape index (κ1) is 16.5. The van der Waals surface area contributed by atoms with Gasteiger partial charge in [-0.3, -0.25) is 0 Å². The Balaban J connectivity index is 2.72. The quantitative estimate of drug-likeness (QED) is 0.676. The number of para-hydroxylation sites is 1. The zero-order valence-electron chi connectivity index (χ0n) is 13.1. The Hall–Kier alpha value is -1.51. The topological polar surface area (TPSA) is 49.3 Å². The van der Waals surface area contributed by atoms with Crippen LogP contribution >= 0.6 is 0 Å². The fourth-order valence-corrected chi connectivity index (χ4v) is 2.35. The van der Waals surface area contributed by atoms with Crippen LogP contribution in [0.15, 0.2) is 18.2 Å². The third kappa shape index (κ3) is 4.87. The average Bonchev–Trinajstić information content (AvgIpc) is 2.37. The third-order valence-corrected chi connectivity index (χ3v) is 3.70. The molecule has 1 rings (SSSR count). The number of hydrogen-bond acceptors (Lipinski definition) is 2. The molecule has 0 heterocycles. The number of benzene rings is 1. The molecule has 0 aromatic heterocycles. The van der Waals surface area contributed by atoms with Crippen molar-refractivity contribution in [2.24, 2.45) is 5.41 Å². The number of carboxylic acid groups (broad SMARTS) is 1. The van der Waals surface area contributed by atoms with Crippen LogP contribution in [0.5, 0.6) is 0 Å². The highest BCUT2D eigenvalue weighted by atomic mass is 16.4. The number of anilines is 1. The van der Waals surface area contributed by atoms with Crippen molar-refractivity contribution in [2.75, 3.05) is 11.9 Å². The molecular formula is C17H27NO2. The lowest BCUT2D eigenvalue weighted by Crippen LogP contribution is -2.24. The molecule has 3 nitrogen and oxygen atoms in total. The SMILES string of the molecule is CCCCCC(C)(C)CNc1c(C)cccc1C(=O)O. The fourth-order valence-electron chi connectivity index (χ4n) is 2.35. The summed E-state index contributed by atoms with van der Waals surface area (Å²) in [6.45, 7) is 9.40. The summed E-state index contributed by atoms with van der Waals surface area (Å²) in [7, 11) is 0. The van der Waals surface area contributed by atoms with Crippen LogP contribution in [-0.2, 0) is 0 Å². The normalized spacial score (nSPS) is 11.4. The molecule has 1 aromatic carbocycles. The molecule has 0 aliphatic rings. The summed E-state index contributed by atoms with van der Waals surface area (Å²) in [4.78, 5) is 11.3. The number of aryl methyl sites for hydroxylation is 1. The van der Waals surface area contributed by atoms with Crippen LogP contribution in [0.3, 0.4) is 0 Å². The number of rotatable bonds is 8. The predicted octanol–water partition coefficient (Wildman–Crippen LogP) is 4.71. The second kappa shape index (κ2) is 7.32. The molecule has 0 spiro atoms. The van der Waals surface area contributed by atoms with E-state index in [1.54, 1.807) is 12.1 Å². The van der Waals surface area contributed by atoms with Crippen LogP contribution in [0, 0.1) is 12.3 Å². The van der Waals surface area contributed by atoms with Gasteiger partial charge < -0.3 is 10.4 Å². The maximum Gasteiger partial charge on any atom is 0.337 e. The number of unbranched alkanes of at least 4 members (excludes halogenated alkanes) is 2. The molecule has 0 saturated carbocycles. The van der Waals surface area contributed by atoms with Crippen molar-refractivity contribution in [3.63, 3.8) is 0 Å². The summed E-state index contributed by atoms with van der Waals surface area (Å²) in [6, 6.07) is 5.39. The molecule has 0 aliphatic carbocycles. The molecular weight excluding hydrogens is 250 g/mol. The Morgan fingerprint density at radius 2 is 2.00 bits per heavy atom. The Morgan fingerprint density at radius 1 is 1.30 bits per heavy atom. The standard InChI is InChI=1S/C17H27NO2/c1-5-6-7-11-17(3,4)12-18-15-13(2)9-8-10-14(15)16(19)20/h8-10,18H,5-7,11-12H2,1-4H3,(H,19,20). The molecule has 112 valence electrons. The molecule has 20 heavy (non-hydrogen) atoms. The number of hydrogen-bond donors (Lipinski definition) is 2. The number of carbonyl (C=O) groups is 1. The lowest BCUT2D eigenvalue weighted by atomic mass is 9.86. The lowest BCUT2D eigenvalue weighted by molar-refractivity contribution is 0.0697. The Labute approximate surface area is 122 Å². The van der Waals surface area contributed by atoms with Crippen LogP contribution in [0.1, 0.15) is 62.4 Å². The maximum atomic E-state index is 11.3. The summed E-state index contributed by atoms with van der Waals surface area (Å²) >= 11 is 0. The molecule has 0 saturated heterocycles. The largest absolute Gasteiger partial charge is 0.478 e. The van der Waals surface area contributed by atoms with E-state index in [2.05, 4.69) is 26.1 Å². The summed E-state index contributed by atoms with van der Waals surface area (Å²) in [5.74, 6) is -0.875. The highest BCUT2D eigenvalue weighted by Gasteiger charge is 2.19. The minimum Gasteiger partial charge on any atom is -0.478 e. The fraction of sp³-hybridized carbons (Fsp3) is 0.588. The van der Waals surface area contributed by atoms with Gasteiger partial charge in [0.15, 0.2) is 0 Å². The van der Waals surface area contributed by atoms with Crippen molar-refractivity contribution in [1.29, 1.82) is 0 Å². The second-order valence-electron chi connectivity index (χ2n) is 6.28. The van der Waals surface area contributed by atoms with Gasteiger partial charge in [0.05, 0.1) is 11.3 Å². The van der Waals surface area contributed by atoms with E-state index in [9.17, 15) is 9.90 Å². The van der Waals surface area contributed by atoms with Crippen LogP contribution in [0.4, 0.5) is 5.69 Å². The zero-order chi connectivity index (χ0) is 15.2. The van der Waals surface area contributed by atoms with Crippen molar-refractivity contribution in [3.8, 4) is 0 Å². The molecule has 0 fully saturated rings. The first-order valence-electron chi connectivity index (χ1n) is 7.44. The predicted molar refractivity (Wildman–Crippen MR) is 84.6 cm³/mol. The highest BCUT2D eigenvalue weighted by Crippen LogP contribution is 2.27. The Bertz CT molecular complexity index is 452. The van der Waals surface area contributed by atoms with Crippen LogP contribution < -0.4 is 5.32 Å². The van der Waals surface area contributed by atoms with E-state index in [-0.39, 0.29) is 5.41 Å². The van der Waals surface area contributed by atoms with E-state index < -0.39 is 5.97 Å². The van der Waals surface area contributed by atoms with Gasteiger partial charge in [-0.05, 0) is 30.4 Å². The number of nitrogens with one attached hydrogen (secondary N) is 1. The van der Waals surface area contributed by atoms with Gasteiger partial charge in [-0.2, -0.15) is 0 Å². The van der Waals surface area contributed by atoms with Gasteiger partial charge >= 0.3 is 5.97 Å². The van der Waals surface area contributed by atoms with Crippen LogP contribution in [0.2, 0.25) is 0 Å². The molecule has 0 unspecified atom stereocenters. The molecule has 0 bridgehead atoms. The van der Waals surface area contributed by atoms with Crippen LogP contribution in [0.25, 0.3) is 0 Å². The highest BCUT2D eigenvalue weighted by molar-refractivity contribution is 5.95. The lowest BCUT2D eigenvalue weighted by Gasteiger charge is -2.26. The molecule has 0 amide bonds. The minimum absolute atomic E-state index is 0.174. The van der Waals surface area contributed by atoms with Gasteiger partial charge in [0.2, 0.25) is 0 Å². The van der Waals surface area contributed by atoms with Gasteiger partial charge in [0.25, 0.3) is 0 Å². The maximum absolute atomic E-state index is 11.3. The van der Waals surface area contributed by atoms with Crippen molar-refractivity contribution in [2.45, 2.75) is 53.4 Å².